The molecule has 0 bridgehead atoms. The second kappa shape index (κ2) is 10.1. The Morgan fingerprint density at radius 1 is 1.24 bits per heavy atom. The minimum absolute atomic E-state index is 0.0830. The Bertz CT molecular complexity index is 1300. The Morgan fingerprint density at radius 2 is 2.06 bits per heavy atom. The number of carbonyl (C=O) groups excluding carboxylic acids is 1. The molecule has 2 aromatic carbocycles. The van der Waals surface area contributed by atoms with E-state index in [1.54, 1.807) is 37.6 Å². The second-order valence-electron chi connectivity index (χ2n) is 8.12. The first-order valence-corrected chi connectivity index (χ1v) is 11.2. The van der Waals surface area contributed by atoms with Crippen LogP contribution in [-0.4, -0.2) is 39.4 Å². The van der Waals surface area contributed by atoms with Crippen molar-refractivity contribution in [1.29, 1.82) is 0 Å². The van der Waals surface area contributed by atoms with Gasteiger partial charge in [-0.3, -0.25) is 9.59 Å². The molecule has 1 heterocycles. The van der Waals surface area contributed by atoms with Gasteiger partial charge in [-0.15, -0.1) is 0 Å². The Labute approximate surface area is 202 Å². The van der Waals surface area contributed by atoms with Gasteiger partial charge in [-0.25, -0.2) is 0 Å². The van der Waals surface area contributed by atoms with Crippen LogP contribution in [-0.2, 0) is 11.2 Å². The number of aliphatic carboxylic acids is 1. The van der Waals surface area contributed by atoms with Crippen molar-refractivity contribution in [2.24, 2.45) is 0 Å². The van der Waals surface area contributed by atoms with Crippen molar-refractivity contribution in [3.05, 3.63) is 87.2 Å². The highest BCUT2D eigenvalue weighted by Gasteiger charge is 2.35. The number of hydrogen-bond acceptors (Lipinski definition) is 5. The van der Waals surface area contributed by atoms with E-state index in [-0.39, 0.29) is 12.2 Å². The highest BCUT2D eigenvalue weighted by molar-refractivity contribution is 6.31. The molecule has 1 atom stereocenters. The summed E-state index contributed by atoms with van der Waals surface area (Å²) < 4.78 is 5.32. The summed E-state index contributed by atoms with van der Waals surface area (Å²) in [6.07, 6.45) is 6.71. The van der Waals surface area contributed by atoms with Crippen LogP contribution in [0.15, 0.2) is 54.2 Å². The summed E-state index contributed by atoms with van der Waals surface area (Å²) in [6.45, 7) is 1.83. The maximum absolute atomic E-state index is 13.7. The number of Topliss-reactive ketones (excluding diaryl/α,β-unsaturated/α-hetero) is 1. The number of aromatic amines is 1. The van der Waals surface area contributed by atoms with E-state index < -0.39 is 11.9 Å². The Hall–Kier alpha value is -3.71. The normalized spacial score (nSPS) is 15.1. The van der Waals surface area contributed by atoms with E-state index in [0.29, 0.717) is 28.3 Å². The monoisotopic (exact) mass is 477 g/mol. The zero-order valence-electron chi connectivity index (χ0n) is 18.8. The molecule has 4 rings (SSSR count). The van der Waals surface area contributed by atoms with Gasteiger partial charge in [0.25, 0.3) is 0 Å². The number of carboxylic acids is 1. The third-order valence-electron chi connectivity index (χ3n) is 6.03. The van der Waals surface area contributed by atoms with E-state index in [2.05, 4.69) is 15.4 Å². The van der Waals surface area contributed by atoms with Crippen molar-refractivity contribution in [1.82, 2.24) is 15.4 Å². The standard InChI is InChI=1S/C26H24ClN3O4/c1-15-21(13-24(31)32)22-12-19(34-2)8-9-20(22)25(15)26(33)17-7-10-23(27)16(11-17)5-3-4-6-18-14-28-30-29-18/h4,6-12,14,25H,3,5,13H2,1-2H3,(H,31,32)(H,28,29,30)/b6-4+. The molecule has 7 nitrogen and oxygen atoms in total. The van der Waals surface area contributed by atoms with Crippen LogP contribution in [0, 0.1) is 0 Å². The fourth-order valence-electron chi connectivity index (χ4n) is 4.34. The molecule has 0 amide bonds. The van der Waals surface area contributed by atoms with Gasteiger partial charge in [0.05, 0.1) is 25.6 Å². The van der Waals surface area contributed by atoms with Crippen LogP contribution in [0.4, 0.5) is 0 Å². The van der Waals surface area contributed by atoms with Gasteiger partial charge in [-0.1, -0.05) is 29.3 Å². The van der Waals surface area contributed by atoms with Crippen LogP contribution in [0.1, 0.15) is 58.4 Å². The number of nitrogens with zero attached hydrogens (tertiary/aromatic N) is 2. The van der Waals surface area contributed by atoms with Crippen LogP contribution < -0.4 is 4.74 Å². The maximum atomic E-state index is 13.7. The summed E-state index contributed by atoms with van der Waals surface area (Å²) in [5.41, 5.74) is 5.12. The number of ether oxygens (including phenoxy) is 1. The van der Waals surface area contributed by atoms with E-state index in [1.165, 1.54) is 0 Å². The molecular weight excluding hydrogens is 454 g/mol. The Balaban J connectivity index is 1.61. The van der Waals surface area contributed by atoms with Crippen LogP contribution >= 0.6 is 11.6 Å². The van der Waals surface area contributed by atoms with Crippen molar-refractivity contribution < 1.29 is 19.4 Å². The third kappa shape index (κ3) is 4.79. The molecule has 1 aliphatic rings. The molecule has 0 radical (unpaired) electrons. The molecule has 3 aromatic rings. The summed E-state index contributed by atoms with van der Waals surface area (Å²) in [7, 11) is 1.56. The van der Waals surface area contributed by atoms with Crippen molar-refractivity contribution in [2.45, 2.75) is 32.1 Å². The van der Waals surface area contributed by atoms with Gasteiger partial charge in [-0.05, 0) is 78.4 Å². The summed E-state index contributed by atoms with van der Waals surface area (Å²) in [5, 5.41) is 20.3. The lowest BCUT2D eigenvalue weighted by Gasteiger charge is -2.15. The fourth-order valence-corrected chi connectivity index (χ4v) is 4.55. The minimum atomic E-state index is -0.941. The zero-order valence-corrected chi connectivity index (χ0v) is 19.6. The lowest BCUT2D eigenvalue weighted by Crippen LogP contribution is -2.13. The molecule has 0 aliphatic heterocycles. The average molecular weight is 478 g/mol. The number of rotatable bonds is 9. The van der Waals surface area contributed by atoms with Gasteiger partial charge in [-0.2, -0.15) is 15.4 Å². The molecule has 8 heteroatoms. The van der Waals surface area contributed by atoms with E-state index in [4.69, 9.17) is 16.3 Å². The van der Waals surface area contributed by atoms with Crippen LogP contribution in [0.5, 0.6) is 5.75 Å². The van der Waals surface area contributed by atoms with Crippen LogP contribution in [0.25, 0.3) is 11.6 Å². The predicted octanol–water partition coefficient (Wildman–Crippen LogP) is 5.34. The van der Waals surface area contributed by atoms with E-state index in [0.717, 1.165) is 34.4 Å². The Kier molecular flexibility index (Phi) is 6.93. The van der Waals surface area contributed by atoms with E-state index >= 15 is 0 Å². The van der Waals surface area contributed by atoms with E-state index in [1.807, 2.05) is 31.2 Å². The number of aryl methyl sites for hydroxylation is 1. The van der Waals surface area contributed by atoms with Crippen LogP contribution in [0.2, 0.25) is 5.02 Å². The van der Waals surface area contributed by atoms with Crippen molar-refractivity contribution in [3.63, 3.8) is 0 Å². The summed E-state index contributed by atoms with van der Waals surface area (Å²) >= 11 is 6.41. The topological polar surface area (TPSA) is 105 Å². The number of benzene rings is 2. The minimum Gasteiger partial charge on any atom is -0.497 e. The maximum Gasteiger partial charge on any atom is 0.307 e. The molecule has 0 saturated heterocycles. The number of aromatic nitrogens is 3. The molecule has 2 N–H and O–H groups in total. The number of ketones is 1. The molecule has 0 fully saturated rings. The summed E-state index contributed by atoms with van der Waals surface area (Å²) in [6, 6.07) is 10.8. The third-order valence-corrected chi connectivity index (χ3v) is 6.40. The quantitative estimate of drug-likeness (QED) is 0.403. The number of carboxylic acid groups (broad SMARTS) is 1. The largest absolute Gasteiger partial charge is 0.497 e. The van der Waals surface area contributed by atoms with Crippen molar-refractivity contribution in [3.8, 4) is 5.75 Å². The van der Waals surface area contributed by atoms with Gasteiger partial charge >= 0.3 is 5.97 Å². The smallest absolute Gasteiger partial charge is 0.307 e. The highest BCUT2D eigenvalue weighted by atomic mass is 35.5. The number of nitrogens with one attached hydrogen (secondary N) is 1. The summed E-state index contributed by atoms with van der Waals surface area (Å²) in [5.74, 6) is -0.949. The first kappa shape index (κ1) is 23.4. The lowest BCUT2D eigenvalue weighted by molar-refractivity contribution is -0.135. The highest BCUT2D eigenvalue weighted by Crippen LogP contribution is 2.46. The van der Waals surface area contributed by atoms with Crippen molar-refractivity contribution in [2.75, 3.05) is 7.11 Å². The predicted molar refractivity (Wildman–Crippen MR) is 130 cm³/mol. The van der Waals surface area contributed by atoms with Gasteiger partial charge in [0.1, 0.15) is 11.4 Å². The number of hydrogen-bond donors (Lipinski definition) is 2. The molecule has 34 heavy (non-hydrogen) atoms. The second-order valence-corrected chi connectivity index (χ2v) is 8.53. The number of allylic oxidation sites excluding steroid dienone is 2. The SMILES string of the molecule is COc1ccc2c(c1)C(CC(=O)O)=C(C)C2C(=O)c1ccc(Cl)c(CC/C=C/c2cn[nH]n2)c1. The van der Waals surface area contributed by atoms with Crippen molar-refractivity contribution >= 4 is 35.0 Å². The van der Waals surface area contributed by atoms with Crippen LogP contribution in [0.3, 0.4) is 0 Å². The molecule has 174 valence electrons. The molecule has 1 aliphatic carbocycles. The number of H-pyrrole nitrogens is 1. The first-order valence-electron chi connectivity index (χ1n) is 10.8. The van der Waals surface area contributed by atoms with Gasteiger partial charge in [0, 0.05) is 10.6 Å². The molecule has 0 saturated carbocycles. The van der Waals surface area contributed by atoms with Gasteiger partial charge in [0.15, 0.2) is 5.78 Å². The molecular formula is C26H24ClN3O4. The zero-order chi connectivity index (χ0) is 24.2. The number of methoxy groups -OCH3 is 1. The molecule has 1 aromatic heterocycles. The van der Waals surface area contributed by atoms with Gasteiger partial charge < -0.3 is 9.84 Å². The lowest BCUT2D eigenvalue weighted by atomic mass is 9.87. The number of carbonyl (C=O) groups is 2. The average Bonchev–Trinajstić information content (AvgIpc) is 3.43. The first-order chi connectivity index (χ1) is 16.4. The summed E-state index contributed by atoms with van der Waals surface area (Å²) in [4.78, 5) is 25.2. The molecule has 1 unspecified atom stereocenters. The van der Waals surface area contributed by atoms with Gasteiger partial charge in [0.2, 0.25) is 0 Å². The molecule has 0 spiro atoms. The Morgan fingerprint density at radius 3 is 2.76 bits per heavy atom. The number of fused-ring (bicyclic) bond motifs is 1. The van der Waals surface area contributed by atoms with E-state index in [9.17, 15) is 14.7 Å². The number of halogens is 1. The fraction of sp³-hybridized carbons (Fsp3) is 0.231.